The van der Waals surface area contributed by atoms with Gasteiger partial charge >= 0.3 is 5.97 Å². The standard InChI is InChI=1S/C12H15NO2/c1-8(14)15-10-6-5-9-3-2-4-12(13)11(9)7-10/h5-7,12H,2-4,13H2,1H3. The highest BCUT2D eigenvalue weighted by atomic mass is 16.5. The molecule has 0 aromatic heterocycles. The van der Waals surface area contributed by atoms with Crippen molar-refractivity contribution >= 4 is 5.97 Å². The van der Waals surface area contributed by atoms with Crippen LogP contribution in [-0.4, -0.2) is 5.97 Å². The van der Waals surface area contributed by atoms with Crippen molar-refractivity contribution in [3.8, 4) is 5.75 Å². The minimum absolute atomic E-state index is 0.0873. The Morgan fingerprint density at radius 2 is 2.33 bits per heavy atom. The molecule has 2 N–H and O–H groups in total. The Bertz CT molecular complexity index is 387. The van der Waals surface area contributed by atoms with E-state index in [2.05, 4.69) is 0 Å². The fraction of sp³-hybridized carbons (Fsp3) is 0.417. The molecule has 0 aliphatic heterocycles. The Hall–Kier alpha value is -1.35. The summed E-state index contributed by atoms with van der Waals surface area (Å²) in [6, 6.07) is 5.81. The molecule has 1 aromatic carbocycles. The molecule has 15 heavy (non-hydrogen) atoms. The molecular weight excluding hydrogens is 190 g/mol. The SMILES string of the molecule is CC(=O)Oc1ccc2c(c1)C(N)CCC2. The molecule has 1 unspecified atom stereocenters. The van der Waals surface area contributed by atoms with Crippen LogP contribution < -0.4 is 10.5 Å². The highest BCUT2D eigenvalue weighted by Gasteiger charge is 2.17. The van der Waals surface area contributed by atoms with Crippen LogP contribution in [0.15, 0.2) is 18.2 Å². The average Bonchev–Trinajstić information content (AvgIpc) is 2.18. The molecule has 1 aliphatic rings. The van der Waals surface area contributed by atoms with Gasteiger partial charge in [0.05, 0.1) is 0 Å². The van der Waals surface area contributed by atoms with Crippen LogP contribution in [0.5, 0.6) is 5.75 Å². The molecule has 1 aromatic rings. The third-order valence-electron chi connectivity index (χ3n) is 2.74. The summed E-state index contributed by atoms with van der Waals surface area (Å²) in [5.41, 5.74) is 8.41. The number of ether oxygens (including phenoxy) is 1. The zero-order valence-corrected chi connectivity index (χ0v) is 8.82. The maximum atomic E-state index is 10.8. The van der Waals surface area contributed by atoms with E-state index in [-0.39, 0.29) is 12.0 Å². The summed E-state index contributed by atoms with van der Waals surface area (Å²) in [6.45, 7) is 1.40. The number of esters is 1. The number of hydrogen-bond acceptors (Lipinski definition) is 3. The number of hydrogen-bond donors (Lipinski definition) is 1. The minimum atomic E-state index is -0.292. The maximum Gasteiger partial charge on any atom is 0.308 e. The van der Waals surface area contributed by atoms with Crippen molar-refractivity contribution in [2.75, 3.05) is 0 Å². The number of fused-ring (bicyclic) bond motifs is 1. The lowest BCUT2D eigenvalue weighted by Gasteiger charge is -2.22. The van der Waals surface area contributed by atoms with Gasteiger partial charge in [0.1, 0.15) is 5.75 Å². The van der Waals surface area contributed by atoms with Gasteiger partial charge in [0.15, 0.2) is 0 Å². The van der Waals surface area contributed by atoms with Crippen LogP contribution in [0.2, 0.25) is 0 Å². The molecule has 0 radical (unpaired) electrons. The lowest BCUT2D eigenvalue weighted by Crippen LogP contribution is -2.17. The smallest absolute Gasteiger partial charge is 0.308 e. The number of carbonyl (C=O) groups is 1. The third kappa shape index (κ3) is 2.18. The van der Waals surface area contributed by atoms with E-state index in [1.807, 2.05) is 18.2 Å². The predicted molar refractivity (Wildman–Crippen MR) is 57.6 cm³/mol. The van der Waals surface area contributed by atoms with Crippen molar-refractivity contribution in [1.82, 2.24) is 0 Å². The van der Waals surface area contributed by atoms with Crippen LogP contribution in [0.25, 0.3) is 0 Å². The number of aryl methyl sites for hydroxylation is 1. The lowest BCUT2D eigenvalue weighted by molar-refractivity contribution is -0.131. The Morgan fingerprint density at radius 3 is 3.07 bits per heavy atom. The van der Waals surface area contributed by atoms with Crippen LogP contribution in [-0.2, 0) is 11.2 Å². The molecule has 3 heteroatoms. The molecule has 0 spiro atoms. The van der Waals surface area contributed by atoms with Crippen molar-refractivity contribution < 1.29 is 9.53 Å². The summed E-state index contributed by atoms with van der Waals surface area (Å²) in [7, 11) is 0. The molecular formula is C12H15NO2. The van der Waals surface area contributed by atoms with E-state index in [9.17, 15) is 4.79 Å². The first kappa shape index (κ1) is 10.2. The third-order valence-corrected chi connectivity index (χ3v) is 2.74. The van der Waals surface area contributed by atoms with E-state index < -0.39 is 0 Å². The summed E-state index contributed by atoms with van der Waals surface area (Å²) >= 11 is 0. The minimum Gasteiger partial charge on any atom is -0.427 e. The number of rotatable bonds is 1. The zero-order chi connectivity index (χ0) is 10.8. The van der Waals surface area contributed by atoms with E-state index in [4.69, 9.17) is 10.5 Å². The predicted octanol–water partition coefficient (Wildman–Crippen LogP) is 1.95. The van der Waals surface area contributed by atoms with E-state index in [0.717, 1.165) is 24.8 Å². The topological polar surface area (TPSA) is 52.3 Å². The highest BCUT2D eigenvalue weighted by Crippen LogP contribution is 2.30. The van der Waals surface area contributed by atoms with Gasteiger partial charge in [-0.25, -0.2) is 0 Å². The molecule has 0 bridgehead atoms. The summed E-state index contributed by atoms with van der Waals surface area (Å²) in [6.07, 6.45) is 3.22. The van der Waals surface area contributed by atoms with Crippen LogP contribution >= 0.6 is 0 Å². The molecule has 1 atom stereocenters. The number of benzene rings is 1. The van der Waals surface area contributed by atoms with Crippen LogP contribution in [0.4, 0.5) is 0 Å². The van der Waals surface area contributed by atoms with E-state index >= 15 is 0 Å². The van der Waals surface area contributed by atoms with Gasteiger partial charge in [0.2, 0.25) is 0 Å². The van der Waals surface area contributed by atoms with E-state index in [0.29, 0.717) is 5.75 Å². The Morgan fingerprint density at radius 1 is 1.53 bits per heavy atom. The fourth-order valence-corrected chi connectivity index (χ4v) is 2.04. The first-order valence-corrected chi connectivity index (χ1v) is 5.23. The van der Waals surface area contributed by atoms with Gasteiger partial charge in [0.25, 0.3) is 0 Å². The van der Waals surface area contributed by atoms with E-state index in [1.54, 1.807) is 0 Å². The van der Waals surface area contributed by atoms with Crippen molar-refractivity contribution in [3.05, 3.63) is 29.3 Å². The van der Waals surface area contributed by atoms with Gasteiger partial charge in [-0.15, -0.1) is 0 Å². The monoisotopic (exact) mass is 205 g/mol. The Balaban J connectivity index is 2.31. The summed E-state index contributed by atoms with van der Waals surface area (Å²) in [4.78, 5) is 10.8. The van der Waals surface area contributed by atoms with Gasteiger partial charge in [-0.3, -0.25) is 4.79 Å². The van der Waals surface area contributed by atoms with Crippen LogP contribution in [0.3, 0.4) is 0 Å². The average molecular weight is 205 g/mol. The largest absolute Gasteiger partial charge is 0.427 e. The molecule has 0 amide bonds. The molecule has 0 saturated heterocycles. The zero-order valence-electron chi connectivity index (χ0n) is 8.82. The van der Waals surface area contributed by atoms with Crippen LogP contribution in [0.1, 0.15) is 36.9 Å². The van der Waals surface area contributed by atoms with E-state index in [1.165, 1.54) is 12.5 Å². The second kappa shape index (κ2) is 4.03. The van der Waals surface area contributed by atoms with Gasteiger partial charge in [-0.05, 0) is 42.5 Å². The maximum absolute atomic E-state index is 10.8. The van der Waals surface area contributed by atoms with Crippen LogP contribution in [0, 0.1) is 0 Å². The van der Waals surface area contributed by atoms with Crippen molar-refractivity contribution in [3.63, 3.8) is 0 Å². The first-order chi connectivity index (χ1) is 7.16. The van der Waals surface area contributed by atoms with Crippen molar-refractivity contribution in [2.45, 2.75) is 32.2 Å². The molecule has 0 fully saturated rings. The number of nitrogens with two attached hydrogens (primary N) is 1. The Labute approximate surface area is 89.2 Å². The second-order valence-corrected chi connectivity index (χ2v) is 3.95. The Kier molecular flexibility index (Phi) is 2.73. The van der Waals surface area contributed by atoms with Gasteiger partial charge in [-0.2, -0.15) is 0 Å². The van der Waals surface area contributed by atoms with Gasteiger partial charge in [0, 0.05) is 13.0 Å². The lowest BCUT2D eigenvalue weighted by atomic mass is 9.88. The summed E-state index contributed by atoms with van der Waals surface area (Å²) < 4.78 is 5.03. The molecule has 0 saturated carbocycles. The molecule has 2 rings (SSSR count). The second-order valence-electron chi connectivity index (χ2n) is 3.95. The quantitative estimate of drug-likeness (QED) is 0.563. The number of carbonyl (C=O) groups excluding carboxylic acids is 1. The summed E-state index contributed by atoms with van der Waals surface area (Å²) in [5, 5.41) is 0. The fourth-order valence-electron chi connectivity index (χ4n) is 2.04. The highest BCUT2D eigenvalue weighted by molar-refractivity contribution is 5.69. The molecule has 1 aliphatic carbocycles. The molecule has 3 nitrogen and oxygen atoms in total. The van der Waals surface area contributed by atoms with Gasteiger partial charge in [-0.1, -0.05) is 6.07 Å². The van der Waals surface area contributed by atoms with Crippen molar-refractivity contribution in [1.29, 1.82) is 0 Å². The van der Waals surface area contributed by atoms with Gasteiger partial charge < -0.3 is 10.5 Å². The summed E-state index contributed by atoms with van der Waals surface area (Å²) in [5.74, 6) is 0.304. The normalized spacial score (nSPS) is 19.5. The molecule has 0 heterocycles. The molecule has 80 valence electrons. The van der Waals surface area contributed by atoms with Crippen molar-refractivity contribution in [2.24, 2.45) is 5.73 Å². The first-order valence-electron chi connectivity index (χ1n) is 5.23.